The lowest BCUT2D eigenvalue weighted by atomic mass is 10.2. The highest BCUT2D eigenvalue weighted by molar-refractivity contribution is 5.79. The molecule has 1 N–H and O–H groups in total. The highest BCUT2D eigenvalue weighted by atomic mass is 16.5. The van der Waals surface area contributed by atoms with E-state index < -0.39 is 0 Å². The van der Waals surface area contributed by atoms with Crippen molar-refractivity contribution in [1.82, 2.24) is 0 Å². The molecule has 0 aliphatic rings. The molecule has 0 heterocycles. The third-order valence-electron chi connectivity index (χ3n) is 2.16. The van der Waals surface area contributed by atoms with Crippen LogP contribution in [0.3, 0.4) is 0 Å². The van der Waals surface area contributed by atoms with Gasteiger partial charge in [-0.3, -0.25) is 4.79 Å². The van der Waals surface area contributed by atoms with E-state index in [4.69, 9.17) is 4.74 Å². The third-order valence-corrected chi connectivity index (χ3v) is 2.16. The maximum absolute atomic E-state index is 10.5. The van der Waals surface area contributed by atoms with Crippen molar-refractivity contribution in [3.05, 3.63) is 23.8 Å². The zero-order valence-electron chi connectivity index (χ0n) is 9.93. The van der Waals surface area contributed by atoms with Gasteiger partial charge in [-0.2, -0.15) is 0 Å². The maximum Gasteiger partial charge on any atom is 0.153 e. The van der Waals surface area contributed by atoms with Crippen molar-refractivity contribution in [2.45, 2.75) is 0 Å². The molecular formula is C12H18NO3+. The molecule has 4 nitrogen and oxygen atoms in total. The molecule has 16 heavy (non-hydrogen) atoms. The second-order valence-corrected chi connectivity index (χ2v) is 4.70. The van der Waals surface area contributed by atoms with Gasteiger partial charge in [0.2, 0.25) is 0 Å². The quantitative estimate of drug-likeness (QED) is 0.605. The van der Waals surface area contributed by atoms with Gasteiger partial charge in [0.25, 0.3) is 0 Å². The van der Waals surface area contributed by atoms with Gasteiger partial charge < -0.3 is 14.3 Å². The van der Waals surface area contributed by atoms with E-state index in [1.54, 1.807) is 12.1 Å². The molecule has 1 aromatic carbocycles. The molecule has 0 amide bonds. The Hall–Kier alpha value is -1.55. The lowest BCUT2D eigenvalue weighted by molar-refractivity contribution is -0.870. The molecule has 4 heteroatoms. The smallest absolute Gasteiger partial charge is 0.153 e. The number of ether oxygens (including phenoxy) is 1. The van der Waals surface area contributed by atoms with Crippen LogP contribution in [0.5, 0.6) is 11.5 Å². The van der Waals surface area contributed by atoms with E-state index in [1.165, 1.54) is 6.07 Å². The first-order valence-electron chi connectivity index (χ1n) is 5.14. The summed E-state index contributed by atoms with van der Waals surface area (Å²) in [7, 11) is 6.24. The molecule has 0 aromatic heterocycles. The second kappa shape index (κ2) is 4.99. The number of hydrogen-bond donors (Lipinski definition) is 1. The van der Waals surface area contributed by atoms with Crippen molar-refractivity contribution in [2.24, 2.45) is 0 Å². The highest BCUT2D eigenvalue weighted by Crippen LogP contribution is 2.22. The summed E-state index contributed by atoms with van der Waals surface area (Å²) in [5.74, 6) is 0.536. The Bertz CT molecular complexity index is 369. The van der Waals surface area contributed by atoms with Crippen LogP contribution in [0.4, 0.5) is 0 Å². The number of carbonyl (C=O) groups excluding carboxylic acids is 1. The number of aldehydes is 1. The van der Waals surface area contributed by atoms with E-state index in [-0.39, 0.29) is 11.3 Å². The topological polar surface area (TPSA) is 46.5 Å². The zero-order chi connectivity index (χ0) is 12.2. The predicted molar refractivity (Wildman–Crippen MR) is 61.9 cm³/mol. The molecular weight excluding hydrogens is 206 g/mol. The van der Waals surface area contributed by atoms with E-state index in [2.05, 4.69) is 21.1 Å². The Morgan fingerprint density at radius 1 is 1.38 bits per heavy atom. The largest absolute Gasteiger partial charge is 0.507 e. The molecule has 0 unspecified atom stereocenters. The predicted octanol–water partition coefficient (Wildman–Crippen LogP) is 1.29. The van der Waals surface area contributed by atoms with Gasteiger partial charge in [-0.15, -0.1) is 0 Å². The summed E-state index contributed by atoms with van der Waals surface area (Å²) in [6.07, 6.45) is 0.616. The number of hydrogen-bond acceptors (Lipinski definition) is 3. The normalized spacial score (nSPS) is 11.2. The number of rotatable bonds is 5. The average molecular weight is 224 g/mol. The zero-order valence-corrected chi connectivity index (χ0v) is 9.93. The number of nitrogens with zero attached hydrogens (tertiary/aromatic N) is 1. The molecule has 0 saturated heterocycles. The summed E-state index contributed by atoms with van der Waals surface area (Å²) in [6.45, 7) is 1.44. The van der Waals surface area contributed by atoms with Crippen LogP contribution in [0.1, 0.15) is 10.4 Å². The fourth-order valence-electron chi connectivity index (χ4n) is 1.15. The van der Waals surface area contributed by atoms with Gasteiger partial charge in [-0.25, -0.2) is 0 Å². The van der Waals surface area contributed by atoms with Gasteiger partial charge in [-0.05, 0) is 12.1 Å². The van der Waals surface area contributed by atoms with Crippen LogP contribution >= 0.6 is 0 Å². The van der Waals surface area contributed by atoms with Crippen molar-refractivity contribution >= 4 is 6.29 Å². The summed E-state index contributed by atoms with van der Waals surface area (Å²) in [4.78, 5) is 10.5. The number of phenols is 1. The monoisotopic (exact) mass is 224 g/mol. The Morgan fingerprint density at radius 3 is 2.56 bits per heavy atom. The first-order valence-corrected chi connectivity index (χ1v) is 5.14. The van der Waals surface area contributed by atoms with Crippen LogP contribution in [0, 0.1) is 0 Å². The first kappa shape index (κ1) is 12.5. The fourth-order valence-corrected chi connectivity index (χ4v) is 1.15. The molecule has 0 aliphatic carbocycles. The third kappa shape index (κ3) is 3.90. The van der Waals surface area contributed by atoms with Crippen molar-refractivity contribution in [3.63, 3.8) is 0 Å². The van der Waals surface area contributed by atoms with Gasteiger partial charge in [-0.1, -0.05) is 0 Å². The van der Waals surface area contributed by atoms with Gasteiger partial charge in [0, 0.05) is 6.07 Å². The van der Waals surface area contributed by atoms with Crippen molar-refractivity contribution < 1.29 is 19.1 Å². The number of quaternary nitrogens is 1. The summed E-state index contributed by atoms with van der Waals surface area (Å²) >= 11 is 0. The van der Waals surface area contributed by atoms with Crippen LogP contribution in [0.2, 0.25) is 0 Å². The molecule has 0 aliphatic heterocycles. The minimum absolute atomic E-state index is 0.0438. The van der Waals surface area contributed by atoms with Crippen molar-refractivity contribution in [1.29, 1.82) is 0 Å². The van der Waals surface area contributed by atoms with Crippen molar-refractivity contribution in [3.8, 4) is 11.5 Å². The minimum atomic E-state index is -0.0438. The number of carbonyl (C=O) groups is 1. The minimum Gasteiger partial charge on any atom is -0.507 e. The van der Waals surface area contributed by atoms with E-state index in [0.29, 0.717) is 18.6 Å². The molecule has 88 valence electrons. The molecule has 1 aromatic rings. The molecule has 0 atom stereocenters. The Morgan fingerprint density at radius 2 is 2.06 bits per heavy atom. The van der Waals surface area contributed by atoms with Gasteiger partial charge in [0.1, 0.15) is 24.7 Å². The summed E-state index contributed by atoms with van der Waals surface area (Å²) < 4.78 is 6.29. The Labute approximate surface area is 95.7 Å². The number of benzene rings is 1. The lowest BCUT2D eigenvalue weighted by Crippen LogP contribution is -2.38. The number of aromatic hydroxyl groups is 1. The van der Waals surface area contributed by atoms with E-state index in [0.717, 1.165) is 11.0 Å². The summed E-state index contributed by atoms with van der Waals surface area (Å²) in [5.41, 5.74) is 0.277. The summed E-state index contributed by atoms with van der Waals surface area (Å²) in [5, 5.41) is 9.44. The Kier molecular flexibility index (Phi) is 3.90. The van der Waals surface area contributed by atoms with Crippen LogP contribution in [0.15, 0.2) is 18.2 Å². The highest BCUT2D eigenvalue weighted by Gasteiger charge is 2.07. The van der Waals surface area contributed by atoms with Crippen LogP contribution in [0.25, 0.3) is 0 Å². The molecule has 0 fully saturated rings. The van der Waals surface area contributed by atoms with Gasteiger partial charge >= 0.3 is 0 Å². The molecule has 0 saturated carbocycles. The average Bonchev–Trinajstić information content (AvgIpc) is 2.16. The molecule has 0 bridgehead atoms. The van der Waals surface area contributed by atoms with E-state index in [9.17, 15) is 9.90 Å². The first-order chi connectivity index (χ1) is 7.42. The van der Waals surface area contributed by atoms with Gasteiger partial charge in [0.15, 0.2) is 6.29 Å². The lowest BCUT2D eigenvalue weighted by Gasteiger charge is -2.23. The van der Waals surface area contributed by atoms with E-state index in [1.807, 2.05) is 0 Å². The maximum atomic E-state index is 10.5. The van der Waals surface area contributed by atoms with Crippen LogP contribution in [-0.2, 0) is 0 Å². The second-order valence-electron chi connectivity index (χ2n) is 4.70. The Balaban J connectivity index is 2.55. The van der Waals surface area contributed by atoms with Crippen LogP contribution in [-0.4, -0.2) is 50.2 Å². The number of phenolic OH excluding ortho intramolecular Hbond substituents is 1. The SMILES string of the molecule is C[N+](C)(C)CCOc1ccc(C=O)c(O)c1. The van der Waals surface area contributed by atoms with E-state index >= 15 is 0 Å². The van der Waals surface area contributed by atoms with Crippen LogP contribution < -0.4 is 4.74 Å². The number of likely N-dealkylation sites (N-methyl/N-ethyl adjacent to an activating group) is 1. The van der Waals surface area contributed by atoms with Gasteiger partial charge in [0.05, 0.1) is 26.7 Å². The molecule has 1 rings (SSSR count). The molecule has 0 spiro atoms. The van der Waals surface area contributed by atoms with Crippen molar-refractivity contribution in [2.75, 3.05) is 34.3 Å². The summed E-state index contributed by atoms with van der Waals surface area (Å²) in [6, 6.07) is 4.68. The standard InChI is InChI=1S/C12H17NO3/c1-13(2,3)6-7-16-11-5-4-10(9-14)12(15)8-11/h4-5,8-9H,6-7H2,1-3H3/p+1. The molecule has 0 radical (unpaired) electrons. The fraction of sp³-hybridized carbons (Fsp3) is 0.417.